The number of nitrogens with one attached hydrogen (secondary N) is 1. The fraction of sp³-hybridized carbons (Fsp3) is 0.182. The largest absolute Gasteiger partial charge is 0.478 e. The van der Waals surface area contributed by atoms with Crippen molar-refractivity contribution in [2.45, 2.75) is 13.0 Å². The van der Waals surface area contributed by atoms with Gasteiger partial charge in [0.25, 0.3) is 0 Å². The maximum Gasteiger partial charge on any atom is 0.337 e. The highest BCUT2D eigenvalue weighted by molar-refractivity contribution is 9.10. The molecular formula is C22H19BrN2O4. The van der Waals surface area contributed by atoms with E-state index in [0.29, 0.717) is 24.5 Å². The number of anilines is 2. The van der Waals surface area contributed by atoms with Crippen molar-refractivity contribution in [1.29, 1.82) is 0 Å². The monoisotopic (exact) mass is 454 g/mol. The lowest BCUT2D eigenvalue weighted by Crippen LogP contribution is -2.08. The molecule has 1 aliphatic heterocycles. The fourth-order valence-corrected chi connectivity index (χ4v) is 3.79. The van der Waals surface area contributed by atoms with Crippen LogP contribution in [0, 0.1) is 0 Å². The van der Waals surface area contributed by atoms with E-state index in [1.807, 2.05) is 30.5 Å². The first-order chi connectivity index (χ1) is 14.1. The van der Waals surface area contributed by atoms with E-state index in [4.69, 9.17) is 4.74 Å². The molecule has 0 spiro atoms. The number of aromatic carboxylic acids is 1. The van der Waals surface area contributed by atoms with Crippen molar-refractivity contribution in [1.82, 2.24) is 4.98 Å². The number of hydrogen-bond acceptors (Lipinski definition) is 5. The quantitative estimate of drug-likeness (QED) is 0.515. The van der Waals surface area contributed by atoms with E-state index in [-0.39, 0.29) is 12.2 Å². The summed E-state index contributed by atoms with van der Waals surface area (Å²) in [7, 11) is 0. The van der Waals surface area contributed by atoms with E-state index in [9.17, 15) is 15.0 Å². The zero-order chi connectivity index (χ0) is 20.4. The summed E-state index contributed by atoms with van der Waals surface area (Å²) in [5, 5.41) is 23.3. The number of carbonyl (C=O) groups is 1. The van der Waals surface area contributed by atoms with E-state index in [1.54, 1.807) is 12.1 Å². The molecule has 148 valence electrons. The Morgan fingerprint density at radius 2 is 2.10 bits per heavy atom. The first-order valence-corrected chi connectivity index (χ1v) is 9.95. The molecule has 0 saturated heterocycles. The second kappa shape index (κ2) is 8.32. The summed E-state index contributed by atoms with van der Waals surface area (Å²) < 4.78 is 6.34. The molecule has 29 heavy (non-hydrogen) atoms. The number of aliphatic hydroxyl groups excluding tert-OH is 1. The minimum absolute atomic E-state index is 0.100. The van der Waals surface area contributed by atoms with E-state index in [0.717, 1.165) is 38.6 Å². The molecule has 0 amide bonds. The lowest BCUT2D eigenvalue weighted by Gasteiger charge is -2.20. The summed E-state index contributed by atoms with van der Waals surface area (Å²) in [5.41, 5.74) is 4.72. The number of aromatic nitrogens is 1. The lowest BCUT2D eigenvalue weighted by atomic mass is 9.98. The van der Waals surface area contributed by atoms with Crippen LogP contribution in [-0.2, 0) is 11.3 Å². The van der Waals surface area contributed by atoms with Crippen molar-refractivity contribution in [2.75, 3.05) is 18.5 Å². The molecule has 0 bridgehead atoms. The third kappa shape index (κ3) is 4.03. The average Bonchev–Trinajstić information content (AvgIpc) is 2.74. The smallest absolute Gasteiger partial charge is 0.337 e. The Labute approximate surface area is 176 Å². The second-order valence-electron chi connectivity index (χ2n) is 6.73. The number of carboxylic acids is 1. The van der Waals surface area contributed by atoms with Gasteiger partial charge in [-0.2, -0.15) is 0 Å². The molecule has 0 atom stereocenters. The van der Waals surface area contributed by atoms with Crippen LogP contribution in [0.4, 0.5) is 11.4 Å². The van der Waals surface area contributed by atoms with Crippen molar-refractivity contribution >= 4 is 49.8 Å². The predicted octanol–water partition coefficient (Wildman–Crippen LogP) is 4.74. The van der Waals surface area contributed by atoms with Crippen molar-refractivity contribution in [3.63, 3.8) is 0 Å². The van der Waals surface area contributed by atoms with Gasteiger partial charge in [-0.15, -0.1) is 0 Å². The third-order valence-corrected chi connectivity index (χ3v) is 5.39. The van der Waals surface area contributed by atoms with Crippen LogP contribution in [0.15, 0.2) is 53.1 Å². The highest BCUT2D eigenvalue weighted by atomic mass is 79.9. The van der Waals surface area contributed by atoms with Crippen LogP contribution >= 0.6 is 15.9 Å². The lowest BCUT2D eigenvalue weighted by molar-refractivity contribution is 0.0698. The molecule has 1 aliphatic rings. The minimum atomic E-state index is -1.06. The van der Waals surface area contributed by atoms with E-state index >= 15 is 0 Å². The molecule has 6 nitrogen and oxygen atoms in total. The molecule has 0 radical (unpaired) electrons. The number of pyridine rings is 1. The number of rotatable bonds is 5. The number of ether oxygens (including phenoxy) is 1. The highest BCUT2D eigenvalue weighted by Gasteiger charge is 2.18. The first-order valence-electron chi connectivity index (χ1n) is 9.16. The first kappa shape index (κ1) is 19.6. The Morgan fingerprint density at radius 3 is 2.83 bits per heavy atom. The maximum atomic E-state index is 11.8. The van der Waals surface area contributed by atoms with Gasteiger partial charge in [-0.3, -0.25) is 4.98 Å². The SMILES string of the molecule is O=C(O)c1cc(CO)ccc1Nc1c(C2=CCOCC2)cnc2ccc(Br)cc12. The zero-order valence-corrected chi connectivity index (χ0v) is 17.1. The van der Waals surface area contributed by atoms with Gasteiger partial charge in [0.05, 0.1) is 42.3 Å². The molecule has 7 heteroatoms. The van der Waals surface area contributed by atoms with Crippen LogP contribution in [0.3, 0.4) is 0 Å². The Hall–Kier alpha value is -2.74. The van der Waals surface area contributed by atoms with E-state index < -0.39 is 5.97 Å². The van der Waals surface area contributed by atoms with Crippen LogP contribution < -0.4 is 5.32 Å². The minimum Gasteiger partial charge on any atom is -0.478 e. The molecule has 3 aromatic rings. The molecule has 0 unspecified atom stereocenters. The van der Waals surface area contributed by atoms with Crippen molar-refractivity contribution < 1.29 is 19.7 Å². The summed E-state index contributed by atoms with van der Waals surface area (Å²) in [6.07, 6.45) is 4.60. The Bertz CT molecular complexity index is 1130. The van der Waals surface area contributed by atoms with Gasteiger partial charge < -0.3 is 20.3 Å². The Balaban J connectivity index is 1.91. The standard InChI is InChI=1S/C22H19BrN2O4/c23-15-2-4-19-16(10-15)21(18(11-24-19)14-5-7-29-8-6-14)25-20-3-1-13(12-26)9-17(20)22(27)28/h1-5,9-11,26H,6-8,12H2,(H,24,25)(H,27,28). The van der Waals surface area contributed by atoms with Crippen molar-refractivity contribution in [3.05, 3.63) is 69.8 Å². The van der Waals surface area contributed by atoms with Crippen LogP contribution in [0.1, 0.15) is 27.9 Å². The van der Waals surface area contributed by atoms with Crippen molar-refractivity contribution in [2.24, 2.45) is 0 Å². The molecule has 2 heterocycles. The molecule has 3 N–H and O–H groups in total. The normalized spacial score (nSPS) is 13.9. The predicted molar refractivity (Wildman–Crippen MR) is 115 cm³/mol. The van der Waals surface area contributed by atoms with Gasteiger partial charge in [0.2, 0.25) is 0 Å². The highest BCUT2D eigenvalue weighted by Crippen LogP contribution is 2.37. The van der Waals surface area contributed by atoms with Gasteiger partial charge in [0, 0.05) is 21.6 Å². The van der Waals surface area contributed by atoms with Crippen LogP contribution in [0.25, 0.3) is 16.5 Å². The summed E-state index contributed by atoms with van der Waals surface area (Å²) in [5.74, 6) is -1.06. The van der Waals surface area contributed by atoms with Crippen LogP contribution in [-0.4, -0.2) is 34.4 Å². The Kier molecular flexibility index (Phi) is 5.62. The number of fused-ring (bicyclic) bond motifs is 1. The molecule has 2 aromatic carbocycles. The van der Waals surface area contributed by atoms with Crippen LogP contribution in [0.5, 0.6) is 0 Å². The zero-order valence-electron chi connectivity index (χ0n) is 15.5. The molecule has 1 aromatic heterocycles. The molecular weight excluding hydrogens is 436 g/mol. The van der Waals surface area contributed by atoms with Gasteiger partial charge in [0.1, 0.15) is 0 Å². The van der Waals surface area contributed by atoms with Gasteiger partial charge in [-0.1, -0.05) is 28.1 Å². The molecule has 0 saturated carbocycles. The summed E-state index contributed by atoms with van der Waals surface area (Å²) in [6.45, 7) is 0.952. The number of halogens is 1. The number of aliphatic hydroxyl groups is 1. The van der Waals surface area contributed by atoms with E-state index in [2.05, 4.69) is 26.2 Å². The second-order valence-corrected chi connectivity index (χ2v) is 7.65. The molecule has 0 aliphatic carbocycles. The maximum absolute atomic E-state index is 11.8. The fourth-order valence-electron chi connectivity index (χ4n) is 3.42. The molecule has 4 rings (SSSR count). The molecule has 0 fully saturated rings. The Morgan fingerprint density at radius 1 is 1.24 bits per heavy atom. The average molecular weight is 455 g/mol. The van der Waals surface area contributed by atoms with Crippen molar-refractivity contribution in [3.8, 4) is 0 Å². The number of carboxylic acid groups (broad SMARTS) is 1. The third-order valence-electron chi connectivity index (χ3n) is 4.90. The van der Waals surface area contributed by atoms with Gasteiger partial charge >= 0.3 is 5.97 Å². The number of benzene rings is 2. The van der Waals surface area contributed by atoms with Gasteiger partial charge in [-0.25, -0.2) is 4.79 Å². The topological polar surface area (TPSA) is 91.7 Å². The summed E-state index contributed by atoms with van der Waals surface area (Å²) in [4.78, 5) is 16.4. The number of nitrogens with zero attached hydrogens (tertiary/aromatic N) is 1. The van der Waals surface area contributed by atoms with Gasteiger partial charge in [0.15, 0.2) is 0 Å². The van der Waals surface area contributed by atoms with E-state index in [1.165, 1.54) is 6.07 Å². The summed E-state index contributed by atoms with van der Waals surface area (Å²) in [6, 6.07) is 10.7. The number of hydrogen-bond donors (Lipinski definition) is 3. The summed E-state index contributed by atoms with van der Waals surface area (Å²) >= 11 is 3.52. The van der Waals surface area contributed by atoms with Crippen LogP contribution in [0.2, 0.25) is 0 Å². The van der Waals surface area contributed by atoms with Gasteiger partial charge in [-0.05, 0) is 47.9 Å².